The highest BCUT2D eigenvalue weighted by Crippen LogP contribution is 2.43. The Morgan fingerprint density at radius 1 is 1.23 bits per heavy atom. The molecule has 1 aromatic carbocycles. The van der Waals surface area contributed by atoms with Crippen LogP contribution < -0.4 is 5.73 Å². The molecule has 1 aliphatic carbocycles. The average Bonchev–Trinajstić information content (AvgIpc) is 2.98. The minimum Gasteiger partial charge on any atom is -0.342 e. The maximum Gasteiger partial charge on any atom is 0.233 e. The summed E-state index contributed by atoms with van der Waals surface area (Å²) in [6, 6.07) is 6.81. The predicted molar refractivity (Wildman–Crippen MR) is 87.6 cm³/mol. The number of amides is 1. The normalized spacial score (nSPS) is 21.5. The van der Waals surface area contributed by atoms with Gasteiger partial charge in [-0.25, -0.2) is 4.39 Å². The fourth-order valence-electron chi connectivity index (χ4n) is 3.80. The van der Waals surface area contributed by atoms with Crippen LogP contribution in [0.3, 0.4) is 0 Å². The summed E-state index contributed by atoms with van der Waals surface area (Å²) in [5.41, 5.74) is 6.26. The number of benzene rings is 1. The number of carbonyl (C=O) groups excluding carboxylic acids is 1. The van der Waals surface area contributed by atoms with E-state index in [0.717, 1.165) is 57.2 Å². The van der Waals surface area contributed by atoms with Crippen molar-refractivity contribution in [3.8, 4) is 0 Å². The number of halogens is 2. The van der Waals surface area contributed by atoms with Crippen LogP contribution in [-0.4, -0.2) is 29.9 Å². The maximum absolute atomic E-state index is 13.6. The van der Waals surface area contributed by atoms with Gasteiger partial charge in [-0.2, -0.15) is 0 Å². The van der Waals surface area contributed by atoms with E-state index in [2.05, 4.69) is 0 Å². The average molecular weight is 327 g/mol. The first-order valence-corrected chi connectivity index (χ1v) is 7.93. The molecule has 0 atom stereocenters. The molecule has 1 heterocycles. The molecule has 0 bridgehead atoms. The summed E-state index contributed by atoms with van der Waals surface area (Å²) >= 11 is 0. The van der Waals surface area contributed by atoms with Gasteiger partial charge in [0.1, 0.15) is 5.82 Å². The lowest BCUT2D eigenvalue weighted by molar-refractivity contribution is -0.138. The Hall–Kier alpha value is -1.13. The first-order chi connectivity index (χ1) is 10.1. The van der Waals surface area contributed by atoms with Gasteiger partial charge in [0, 0.05) is 19.1 Å². The zero-order valence-corrected chi connectivity index (χ0v) is 13.6. The van der Waals surface area contributed by atoms with Crippen molar-refractivity contribution in [3.05, 3.63) is 35.6 Å². The molecule has 0 radical (unpaired) electrons. The molecule has 1 aromatic rings. The van der Waals surface area contributed by atoms with Crippen molar-refractivity contribution >= 4 is 18.3 Å². The van der Waals surface area contributed by atoms with Crippen LogP contribution in [0.4, 0.5) is 4.39 Å². The van der Waals surface area contributed by atoms with E-state index >= 15 is 0 Å². The monoisotopic (exact) mass is 326 g/mol. The fourth-order valence-corrected chi connectivity index (χ4v) is 3.80. The number of nitrogens with zero attached hydrogens (tertiary/aromatic N) is 1. The van der Waals surface area contributed by atoms with Crippen molar-refractivity contribution in [1.82, 2.24) is 4.90 Å². The molecule has 122 valence electrons. The summed E-state index contributed by atoms with van der Waals surface area (Å²) in [6.07, 6.45) is 5.47. The largest absolute Gasteiger partial charge is 0.342 e. The molecule has 0 aromatic heterocycles. The highest BCUT2D eigenvalue weighted by atomic mass is 35.5. The molecule has 1 amide bonds. The van der Waals surface area contributed by atoms with Crippen molar-refractivity contribution < 1.29 is 9.18 Å². The summed E-state index contributed by atoms with van der Waals surface area (Å²) in [5.74, 6) is -0.0789. The smallest absolute Gasteiger partial charge is 0.233 e. The lowest BCUT2D eigenvalue weighted by Gasteiger charge is -2.38. The van der Waals surface area contributed by atoms with E-state index < -0.39 is 5.41 Å². The van der Waals surface area contributed by atoms with Gasteiger partial charge in [-0.05, 0) is 43.4 Å². The van der Waals surface area contributed by atoms with E-state index in [1.165, 1.54) is 6.07 Å². The van der Waals surface area contributed by atoms with E-state index in [1.807, 2.05) is 11.0 Å². The van der Waals surface area contributed by atoms with Crippen LogP contribution in [0.2, 0.25) is 0 Å². The Labute approximate surface area is 137 Å². The van der Waals surface area contributed by atoms with E-state index in [0.29, 0.717) is 0 Å². The summed E-state index contributed by atoms with van der Waals surface area (Å²) < 4.78 is 13.6. The number of piperidine rings is 1. The second-order valence-electron chi connectivity index (χ2n) is 6.43. The van der Waals surface area contributed by atoms with Crippen LogP contribution in [0.15, 0.2) is 24.3 Å². The van der Waals surface area contributed by atoms with E-state index in [-0.39, 0.29) is 30.2 Å². The Morgan fingerprint density at radius 2 is 1.86 bits per heavy atom. The van der Waals surface area contributed by atoms with Crippen LogP contribution >= 0.6 is 12.4 Å². The zero-order valence-electron chi connectivity index (χ0n) is 12.8. The van der Waals surface area contributed by atoms with Crippen LogP contribution in [0.5, 0.6) is 0 Å². The summed E-state index contributed by atoms with van der Waals surface area (Å²) in [6.45, 7) is 1.47. The highest BCUT2D eigenvalue weighted by molar-refractivity contribution is 5.88. The van der Waals surface area contributed by atoms with Gasteiger partial charge in [-0.1, -0.05) is 25.0 Å². The lowest BCUT2D eigenvalue weighted by atomic mass is 9.77. The third-order valence-electron chi connectivity index (χ3n) is 5.07. The number of carbonyl (C=O) groups is 1. The van der Waals surface area contributed by atoms with Crippen molar-refractivity contribution in [2.24, 2.45) is 5.73 Å². The van der Waals surface area contributed by atoms with Crippen LogP contribution in [0, 0.1) is 5.82 Å². The van der Waals surface area contributed by atoms with Gasteiger partial charge in [0.25, 0.3) is 0 Å². The molecule has 1 saturated carbocycles. The van der Waals surface area contributed by atoms with Gasteiger partial charge < -0.3 is 10.6 Å². The minimum absolute atomic E-state index is 0. The quantitative estimate of drug-likeness (QED) is 0.908. The second-order valence-corrected chi connectivity index (χ2v) is 6.43. The molecule has 1 aliphatic heterocycles. The third-order valence-corrected chi connectivity index (χ3v) is 5.07. The number of hydrogen-bond donors (Lipinski definition) is 1. The van der Waals surface area contributed by atoms with Gasteiger partial charge in [0.15, 0.2) is 0 Å². The van der Waals surface area contributed by atoms with Crippen molar-refractivity contribution in [2.45, 2.75) is 50.0 Å². The molecule has 2 fully saturated rings. The standard InChI is InChI=1S/C17H23FN2O.ClH/c18-14-5-3-4-13(12-14)17(8-1-2-9-17)16(21)20-10-6-15(19)7-11-20;/h3-5,12,15H,1-2,6-11,19H2;1H. The molecule has 2 aliphatic rings. The van der Waals surface area contributed by atoms with E-state index in [9.17, 15) is 9.18 Å². The van der Waals surface area contributed by atoms with Crippen LogP contribution in [-0.2, 0) is 10.2 Å². The van der Waals surface area contributed by atoms with E-state index in [4.69, 9.17) is 5.73 Å². The number of hydrogen-bond acceptors (Lipinski definition) is 2. The number of nitrogens with two attached hydrogens (primary N) is 1. The summed E-state index contributed by atoms with van der Waals surface area (Å²) in [4.78, 5) is 15.0. The van der Waals surface area contributed by atoms with Gasteiger partial charge in [-0.15, -0.1) is 12.4 Å². The van der Waals surface area contributed by atoms with Crippen LogP contribution in [0.25, 0.3) is 0 Å². The molecule has 5 heteroatoms. The van der Waals surface area contributed by atoms with Crippen molar-refractivity contribution in [1.29, 1.82) is 0 Å². The summed E-state index contributed by atoms with van der Waals surface area (Å²) in [5, 5.41) is 0. The molecule has 22 heavy (non-hydrogen) atoms. The van der Waals surface area contributed by atoms with Crippen molar-refractivity contribution in [3.63, 3.8) is 0 Å². The first-order valence-electron chi connectivity index (χ1n) is 7.93. The predicted octanol–water partition coefficient (Wildman–Crippen LogP) is 3.01. The molecule has 3 nitrogen and oxygen atoms in total. The maximum atomic E-state index is 13.6. The first kappa shape index (κ1) is 17.2. The Balaban J connectivity index is 0.00000176. The molecule has 2 N–H and O–H groups in total. The van der Waals surface area contributed by atoms with Crippen LogP contribution in [0.1, 0.15) is 44.1 Å². The van der Waals surface area contributed by atoms with Gasteiger partial charge in [0.05, 0.1) is 5.41 Å². The van der Waals surface area contributed by atoms with Crippen molar-refractivity contribution in [2.75, 3.05) is 13.1 Å². The zero-order chi connectivity index (χ0) is 14.9. The molecule has 0 spiro atoms. The van der Waals surface area contributed by atoms with E-state index in [1.54, 1.807) is 12.1 Å². The number of rotatable bonds is 2. The fraction of sp³-hybridized carbons (Fsp3) is 0.588. The molecule has 0 unspecified atom stereocenters. The topological polar surface area (TPSA) is 46.3 Å². The second kappa shape index (κ2) is 6.97. The number of likely N-dealkylation sites (tertiary alicyclic amines) is 1. The van der Waals surface area contributed by atoms with Gasteiger partial charge >= 0.3 is 0 Å². The SMILES string of the molecule is Cl.NC1CCN(C(=O)C2(c3cccc(F)c3)CCCC2)CC1. The Morgan fingerprint density at radius 3 is 2.45 bits per heavy atom. The highest BCUT2D eigenvalue weighted by Gasteiger charge is 2.45. The molecule has 3 rings (SSSR count). The lowest BCUT2D eigenvalue weighted by Crippen LogP contribution is -2.50. The minimum atomic E-state index is -0.510. The summed E-state index contributed by atoms with van der Waals surface area (Å²) in [7, 11) is 0. The van der Waals surface area contributed by atoms with Gasteiger partial charge in [0.2, 0.25) is 5.91 Å². The molecular weight excluding hydrogens is 303 g/mol. The Bertz CT molecular complexity index is 523. The molecular formula is C17H24ClFN2O. The Kier molecular flexibility index (Phi) is 5.45. The van der Waals surface area contributed by atoms with Gasteiger partial charge in [-0.3, -0.25) is 4.79 Å². The molecule has 1 saturated heterocycles. The third kappa shape index (κ3) is 3.13.